The average molecular weight is 1460 g/mol. The summed E-state index contributed by atoms with van der Waals surface area (Å²) in [6.07, 6.45) is 28.5. The molecule has 0 aliphatic carbocycles. The van der Waals surface area contributed by atoms with E-state index in [1.165, 1.54) is 183 Å². The molecule has 0 unspecified atom stereocenters. The maximum Gasteiger partial charge on any atom is 0.126 e. The summed E-state index contributed by atoms with van der Waals surface area (Å²) < 4.78 is 10.5. The van der Waals surface area contributed by atoms with Gasteiger partial charge in [-0.1, -0.05) is 351 Å². The van der Waals surface area contributed by atoms with Crippen LogP contribution in [0.3, 0.4) is 0 Å². The molecule has 0 saturated carbocycles. The minimum absolute atomic E-state index is 0.876. The van der Waals surface area contributed by atoms with Gasteiger partial charge in [-0.3, -0.25) is 0 Å². The first kappa shape index (κ1) is 89.8. The standard InChI is InChI=1S/C24H24.C22H20.C18H28.C12H16O2.C12H16.2C10H12/c1-17-5-11-21(12-6-17)20(4)24(22-13-7-18(2)8-14-22)23-15-9-19(3)10-16-23;1-3-10-20-16-21(18-11-6-4-7-12-18)17(2)15-22(20)19-13-8-5-9-14-19;1-5-8-11-16-14-17(10-7-3)18(12-9-6-2)13-15(16)4;1-5-6-10-8-11(13-3)9(2)7-12(10)14-4;1-9(2)11(4)12-7-5-10(3)6-8-12;2*1-3-4-10-7-5-9(2)6-8-10/h5-16H,1-4H3;3-16H,1-2H3;7,10,13-14H,5-6,8-9,11-12H2,1-4H3;5-8H,1-4H3;5-8H,1-4H3;2*3-8H,1-2H3/b;10-3+;10-7+;6-5+;;4-3+;4-3-. The molecule has 0 atom stereocenters. The second-order valence-corrected chi connectivity index (χ2v) is 28.6. The Morgan fingerprint density at radius 1 is 0.300 bits per heavy atom. The monoisotopic (exact) mass is 1460 g/mol. The zero-order chi connectivity index (χ0) is 80.3. The van der Waals surface area contributed by atoms with Crippen LogP contribution in [0.15, 0.2) is 279 Å². The molecule has 0 heterocycles. The Hall–Kier alpha value is -10.8. The Bertz CT molecular complexity index is 4620. The van der Waals surface area contributed by atoms with Gasteiger partial charge < -0.3 is 9.47 Å². The van der Waals surface area contributed by atoms with Crippen molar-refractivity contribution in [1.29, 1.82) is 0 Å². The van der Waals surface area contributed by atoms with Crippen LogP contribution in [0.5, 0.6) is 11.5 Å². The Morgan fingerprint density at radius 2 is 0.664 bits per heavy atom. The van der Waals surface area contributed by atoms with Gasteiger partial charge in [0.25, 0.3) is 0 Å². The lowest BCUT2D eigenvalue weighted by molar-refractivity contribution is 0.400. The van der Waals surface area contributed by atoms with E-state index in [0.717, 1.165) is 22.6 Å². The van der Waals surface area contributed by atoms with Crippen LogP contribution in [-0.2, 0) is 12.8 Å². The molecular formula is C108H128O2. The zero-order valence-corrected chi connectivity index (χ0v) is 70.9. The van der Waals surface area contributed by atoms with Crippen molar-refractivity contribution in [2.75, 3.05) is 14.2 Å². The first-order chi connectivity index (χ1) is 53.0. The molecule has 0 aromatic heterocycles. The van der Waals surface area contributed by atoms with Crippen LogP contribution in [0.25, 0.3) is 69.4 Å². The van der Waals surface area contributed by atoms with Crippen molar-refractivity contribution in [3.05, 3.63) is 390 Å². The molecule has 110 heavy (non-hydrogen) atoms. The predicted octanol–water partition coefficient (Wildman–Crippen LogP) is 31.6. The second-order valence-electron chi connectivity index (χ2n) is 28.6. The Kier molecular flexibility index (Phi) is 40.2. The van der Waals surface area contributed by atoms with Gasteiger partial charge in [0.15, 0.2) is 0 Å². The first-order valence-electron chi connectivity index (χ1n) is 39.6. The molecule has 0 aliphatic heterocycles. The fraction of sp³-hybridized carbons (Fsp3) is 0.259. The van der Waals surface area contributed by atoms with E-state index in [1.54, 1.807) is 14.2 Å². The van der Waals surface area contributed by atoms with Crippen LogP contribution in [0.1, 0.15) is 213 Å². The van der Waals surface area contributed by atoms with Crippen molar-refractivity contribution < 1.29 is 9.47 Å². The topological polar surface area (TPSA) is 18.5 Å². The van der Waals surface area contributed by atoms with Crippen LogP contribution in [0.4, 0.5) is 0 Å². The lowest BCUT2D eigenvalue weighted by atomic mass is 9.89. The lowest BCUT2D eigenvalue weighted by Gasteiger charge is -2.15. The number of aryl methyl sites for hydroxylation is 11. The van der Waals surface area contributed by atoms with Gasteiger partial charge in [0.05, 0.1) is 14.2 Å². The summed E-state index contributed by atoms with van der Waals surface area (Å²) in [5, 5.41) is 0. The third-order valence-corrected chi connectivity index (χ3v) is 19.2. The average Bonchev–Trinajstić information content (AvgIpc) is 0.808. The van der Waals surface area contributed by atoms with Gasteiger partial charge in [0.2, 0.25) is 0 Å². The molecular weight excluding hydrogens is 1330 g/mol. The van der Waals surface area contributed by atoms with Crippen molar-refractivity contribution in [2.24, 2.45) is 0 Å². The first-order valence-corrected chi connectivity index (χ1v) is 39.6. The fourth-order valence-electron chi connectivity index (χ4n) is 12.4. The predicted molar refractivity (Wildman–Crippen MR) is 491 cm³/mol. The molecule has 0 amide bonds. The minimum atomic E-state index is 0.876. The Morgan fingerprint density at radius 3 is 1.05 bits per heavy atom. The number of hydrogen-bond donors (Lipinski definition) is 0. The molecule has 0 saturated heterocycles. The quantitative estimate of drug-likeness (QED) is 0.0751. The van der Waals surface area contributed by atoms with Crippen molar-refractivity contribution >= 4 is 47.1 Å². The van der Waals surface area contributed by atoms with Gasteiger partial charge >= 0.3 is 0 Å². The molecule has 2 nitrogen and oxygen atoms in total. The van der Waals surface area contributed by atoms with E-state index in [-0.39, 0.29) is 0 Å². The van der Waals surface area contributed by atoms with E-state index >= 15 is 0 Å². The molecule has 11 aromatic carbocycles. The molecule has 0 bridgehead atoms. The summed E-state index contributed by atoms with van der Waals surface area (Å²) in [7, 11) is 3.35. The summed E-state index contributed by atoms with van der Waals surface area (Å²) >= 11 is 0. The van der Waals surface area contributed by atoms with E-state index < -0.39 is 0 Å². The molecule has 0 aliphatic rings. The molecule has 2 heteroatoms. The number of unbranched alkanes of at least 4 members (excludes halogenated alkanes) is 2. The van der Waals surface area contributed by atoms with Gasteiger partial charge in [-0.2, -0.15) is 0 Å². The van der Waals surface area contributed by atoms with Crippen LogP contribution < -0.4 is 9.47 Å². The van der Waals surface area contributed by atoms with Crippen LogP contribution in [-0.4, -0.2) is 14.2 Å². The summed E-state index contributed by atoms with van der Waals surface area (Å²) in [4.78, 5) is 0. The highest BCUT2D eigenvalue weighted by Gasteiger charge is 2.13. The number of hydrogen-bond acceptors (Lipinski definition) is 2. The summed E-state index contributed by atoms with van der Waals surface area (Å²) in [5.74, 6) is 1.76. The summed E-state index contributed by atoms with van der Waals surface area (Å²) in [6.45, 7) is 42.6. The maximum atomic E-state index is 5.27. The third kappa shape index (κ3) is 30.3. The molecule has 11 rings (SSSR count). The second kappa shape index (κ2) is 49.3. The van der Waals surface area contributed by atoms with Crippen LogP contribution in [0, 0.1) is 62.3 Å². The fourth-order valence-corrected chi connectivity index (χ4v) is 12.4. The van der Waals surface area contributed by atoms with Gasteiger partial charge in [0, 0.05) is 5.56 Å². The molecule has 11 aromatic rings. The van der Waals surface area contributed by atoms with E-state index in [4.69, 9.17) is 9.47 Å². The lowest BCUT2D eigenvalue weighted by Crippen LogP contribution is -1.97. The normalized spacial score (nSPS) is 10.7. The largest absolute Gasteiger partial charge is 0.496 e. The van der Waals surface area contributed by atoms with Crippen molar-refractivity contribution in [3.63, 3.8) is 0 Å². The third-order valence-electron chi connectivity index (χ3n) is 19.2. The van der Waals surface area contributed by atoms with Crippen molar-refractivity contribution in [2.45, 2.75) is 177 Å². The van der Waals surface area contributed by atoms with Crippen molar-refractivity contribution in [3.8, 4) is 33.8 Å². The number of allylic oxidation sites excluding steroid dienone is 8. The maximum absolute atomic E-state index is 5.27. The Labute approximate surface area is 667 Å². The highest BCUT2D eigenvalue weighted by Crippen LogP contribution is 2.36. The van der Waals surface area contributed by atoms with Gasteiger partial charge in [-0.25, -0.2) is 0 Å². The molecule has 0 radical (unpaired) electrons. The van der Waals surface area contributed by atoms with E-state index in [9.17, 15) is 0 Å². The van der Waals surface area contributed by atoms with Gasteiger partial charge in [0.1, 0.15) is 11.5 Å². The molecule has 0 spiro atoms. The number of methoxy groups -OCH3 is 2. The molecule has 0 fully saturated rings. The highest BCUT2D eigenvalue weighted by atomic mass is 16.5. The van der Waals surface area contributed by atoms with E-state index in [0.29, 0.717) is 0 Å². The SMILES string of the molecule is C/C=C/c1cc(-c2ccccc2)c(C)cc1-c1ccccc1.C/C=C/c1cc(CCCC)c(C)cc1CCCC.C/C=C/c1cc(OC)c(C)cc1OC.C/C=C/c1ccc(C)cc1.C/C=C\c1ccc(C)cc1.CC(=C(c1ccc(C)cc1)c1ccc(C)cc1)c1ccc(C)cc1.CC(C)=C(C)c1ccc(C)cc1. The summed E-state index contributed by atoms with van der Waals surface area (Å²) in [5.41, 5.74) is 36.6. The smallest absolute Gasteiger partial charge is 0.126 e. The van der Waals surface area contributed by atoms with Crippen molar-refractivity contribution in [1.82, 2.24) is 0 Å². The zero-order valence-electron chi connectivity index (χ0n) is 70.9. The summed E-state index contributed by atoms with van der Waals surface area (Å²) in [6, 6.07) is 86.6. The van der Waals surface area contributed by atoms with Crippen LogP contribution in [0.2, 0.25) is 0 Å². The van der Waals surface area contributed by atoms with E-state index in [1.807, 2.05) is 64.1 Å². The number of ether oxygens (including phenoxy) is 2. The van der Waals surface area contributed by atoms with Crippen LogP contribution >= 0.6 is 0 Å². The molecule has 572 valence electrons. The molecule has 0 N–H and O–H groups in total. The van der Waals surface area contributed by atoms with E-state index in [2.05, 4.69) is 378 Å². The van der Waals surface area contributed by atoms with Gasteiger partial charge in [-0.15, -0.1) is 0 Å². The number of rotatable bonds is 19. The van der Waals surface area contributed by atoms with Gasteiger partial charge in [-0.05, 0) is 280 Å². The highest BCUT2D eigenvalue weighted by molar-refractivity contribution is 5.98. The number of benzene rings is 11. The minimum Gasteiger partial charge on any atom is -0.496 e. The Balaban J connectivity index is 0.000000235.